The van der Waals surface area contributed by atoms with Gasteiger partial charge in [-0.05, 0) is 47.3 Å². The van der Waals surface area contributed by atoms with Crippen molar-refractivity contribution in [1.29, 1.82) is 0 Å². The normalized spacial score (nSPS) is 21.1. The number of likely N-dealkylation sites (N-methyl/N-ethyl adjacent to an activating group) is 1. The number of rotatable bonds is 10. The summed E-state index contributed by atoms with van der Waals surface area (Å²) in [5.41, 5.74) is 3.23. The number of carbonyl (C=O) groups excluding carboxylic acids is 1. The number of benzene rings is 2. The second-order valence-corrected chi connectivity index (χ2v) is 9.61. The predicted molar refractivity (Wildman–Crippen MR) is 136 cm³/mol. The van der Waals surface area contributed by atoms with Crippen LogP contribution in [0.3, 0.4) is 0 Å². The molecule has 1 saturated heterocycles. The number of hydroxylamine groups is 1. The summed E-state index contributed by atoms with van der Waals surface area (Å²) in [6, 6.07) is 16.0. The molecule has 35 heavy (non-hydrogen) atoms. The molecule has 2 fully saturated rings. The minimum atomic E-state index is -0.599. The van der Waals surface area contributed by atoms with Crippen LogP contribution in [0.1, 0.15) is 29.8 Å². The third-order valence-corrected chi connectivity index (χ3v) is 7.65. The molecule has 3 aromatic rings. The van der Waals surface area contributed by atoms with Gasteiger partial charge in [0.25, 0.3) is 5.91 Å². The van der Waals surface area contributed by atoms with Gasteiger partial charge in [0.1, 0.15) is 0 Å². The number of hydrogen-bond donors (Lipinski definition) is 2. The van der Waals surface area contributed by atoms with Gasteiger partial charge >= 0.3 is 0 Å². The molecule has 2 unspecified atom stereocenters. The number of aromatic nitrogens is 2. The van der Waals surface area contributed by atoms with Crippen molar-refractivity contribution in [3.63, 3.8) is 0 Å². The van der Waals surface area contributed by atoms with Crippen molar-refractivity contribution in [3.8, 4) is 0 Å². The fourth-order valence-electron chi connectivity index (χ4n) is 5.58. The van der Waals surface area contributed by atoms with Gasteiger partial charge in [-0.3, -0.25) is 14.9 Å². The van der Waals surface area contributed by atoms with Crippen molar-refractivity contribution >= 4 is 22.6 Å². The second kappa shape index (κ2) is 10.3. The number of anilines is 1. The van der Waals surface area contributed by atoms with E-state index in [0.29, 0.717) is 23.8 Å². The highest BCUT2D eigenvalue weighted by atomic mass is 16.5. The fraction of sp³-hybridized carbons (Fsp3) is 0.444. The van der Waals surface area contributed by atoms with Crippen molar-refractivity contribution in [3.05, 3.63) is 66.0 Å². The minimum absolute atomic E-state index is 0.247. The Kier molecular flexibility index (Phi) is 6.95. The molecule has 2 N–H and O–H groups in total. The van der Waals surface area contributed by atoms with Gasteiger partial charge in [-0.15, -0.1) is 0 Å². The molecular weight excluding hydrogens is 440 g/mol. The van der Waals surface area contributed by atoms with Gasteiger partial charge in [-0.2, -0.15) is 0 Å². The lowest BCUT2D eigenvalue weighted by Crippen LogP contribution is -2.40. The lowest BCUT2D eigenvalue weighted by molar-refractivity contribution is 0.0705. The molecule has 2 atom stereocenters. The molecule has 0 bridgehead atoms. The van der Waals surface area contributed by atoms with Crippen LogP contribution in [0.5, 0.6) is 0 Å². The molecule has 0 spiro atoms. The first-order chi connectivity index (χ1) is 17.1. The molecule has 184 valence electrons. The molecule has 0 radical (unpaired) electrons. The molecule has 2 aliphatic rings. The average Bonchev–Trinajstić information content (AvgIpc) is 3.39. The van der Waals surface area contributed by atoms with E-state index in [4.69, 9.17) is 5.21 Å². The summed E-state index contributed by atoms with van der Waals surface area (Å²) in [4.78, 5) is 27.6. The molecule has 1 aliphatic carbocycles. The van der Waals surface area contributed by atoms with Gasteiger partial charge < -0.3 is 9.80 Å². The Bertz CT molecular complexity index is 1150. The fourth-order valence-corrected chi connectivity index (χ4v) is 5.58. The van der Waals surface area contributed by atoms with Gasteiger partial charge in [0, 0.05) is 51.2 Å². The van der Waals surface area contributed by atoms with E-state index in [2.05, 4.69) is 81.0 Å². The number of nitrogens with zero attached hydrogens (tertiary/aromatic N) is 5. The lowest BCUT2D eigenvalue weighted by Gasteiger charge is -2.30. The topological polar surface area (TPSA) is 84.8 Å². The van der Waals surface area contributed by atoms with E-state index < -0.39 is 5.91 Å². The quantitative estimate of drug-likeness (QED) is 0.345. The van der Waals surface area contributed by atoms with Crippen LogP contribution in [0.4, 0.5) is 5.95 Å². The van der Waals surface area contributed by atoms with Crippen molar-refractivity contribution < 1.29 is 10.0 Å². The summed E-state index contributed by atoms with van der Waals surface area (Å²) in [5, 5.41) is 11.4. The van der Waals surface area contributed by atoms with E-state index in [1.807, 2.05) is 0 Å². The maximum absolute atomic E-state index is 11.5. The van der Waals surface area contributed by atoms with E-state index in [9.17, 15) is 4.79 Å². The Hall–Kier alpha value is -3.07. The summed E-state index contributed by atoms with van der Waals surface area (Å²) < 4.78 is 0. The number of amides is 1. The van der Waals surface area contributed by atoms with Crippen molar-refractivity contribution in [2.45, 2.75) is 26.4 Å². The van der Waals surface area contributed by atoms with Gasteiger partial charge in [0.05, 0.1) is 5.56 Å². The Morgan fingerprint density at radius 2 is 1.71 bits per heavy atom. The standard InChI is InChI=1S/C27H34N6O2/c1-3-31(4-2)11-12-32(16-19-9-10-20-7-5-6-8-21(20)13-19)25-23-17-33(18-24(23)25)27-28-14-22(15-29-27)26(34)30-35/h5-10,13-15,23-25,35H,3-4,11-12,16-18H2,1-2H3,(H,30,34). The zero-order chi connectivity index (χ0) is 24.4. The Morgan fingerprint density at radius 3 is 2.37 bits per heavy atom. The maximum Gasteiger partial charge on any atom is 0.277 e. The van der Waals surface area contributed by atoms with E-state index in [1.165, 1.54) is 28.7 Å². The van der Waals surface area contributed by atoms with E-state index in [1.54, 1.807) is 5.48 Å². The summed E-state index contributed by atoms with van der Waals surface area (Å²) in [5.74, 6) is 1.26. The molecule has 1 amide bonds. The molecule has 8 nitrogen and oxygen atoms in total. The van der Waals surface area contributed by atoms with Crippen LogP contribution in [-0.4, -0.2) is 76.2 Å². The smallest absolute Gasteiger partial charge is 0.277 e. The SMILES string of the molecule is CCN(CC)CCN(Cc1ccc2ccccc2c1)C1C2CN(c3ncc(C(=O)NO)cn3)CC21. The second-order valence-electron chi connectivity index (χ2n) is 9.61. The highest BCUT2D eigenvalue weighted by Crippen LogP contribution is 2.49. The first-order valence-corrected chi connectivity index (χ1v) is 12.6. The zero-order valence-corrected chi connectivity index (χ0v) is 20.5. The summed E-state index contributed by atoms with van der Waals surface area (Å²) in [6.07, 6.45) is 2.93. The number of fused-ring (bicyclic) bond motifs is 2. The van der Waals surface area contributed by atoms with Crippen LogP contribution in [0.25, 0.3) is 10.8 Å². The summed E-state index contributed by atoms with van der Waals surface area (Å²) in [7, 11) is 0. The van der Waals surface area contributed by atoms with Crippen LogP contribution < -0.4 is 10.4 Å². The van der Waals surface area contributed by atoms with Crippen LogP contribution in [0.2, 0.25) is 0 Å². The summed E-state index contributed by atoms with van der Waals surface area (Å²) >= 11 is 0. The van der Waals surface area contributed by atoms with E-state index >= 15 is 0 Å². The molecule has 5 rings (SSSR count). The Morgan fingerprint density at radius 1 is 1.03 bits per heavy atom. The lowest BCUT2D eigenvalue weighted by atomic mass is 10.1. The Labute approximate surface area is 206 Å². The number of hydrogen-bond acceptors (Lipinski definition) is 7. The molecule has 8 heteroatoms. The molecule has 1 aliphatic heterocycles. The number of piperidine rings is 1. The largest absolute Gasteiger partial charge is 0.340 e. The van der Waals surface area contributed by atoms with Gasteiger partial charge in [-0.1, -0.05) is 50.2 Å². The van der Waals surface area contributed by atoms with Gasteiger partial charge in [-0.25, -0.2) is 15.4 Å². The third-order valence-electron chi connectivity index (χ3n) is 7.65. The van der Waals surface area contributed by atoms with Crippen LogP contribution in [-0.2, 0) is 6.54 Å². The molecule has 2 aromatic carbocycles. The number of carbonyl (C=O) groups is 1. The maximum atomic E-state index is 11.5. The number of nitrogens with one attached hydrogen (secondary N) is 1. The van der Waals surface area contributed by atoms with Crippen molar-refractivity contribution in [2.75, 3.05) is 44.2 Å². The monoisotopic (exact) mass is 474 g/mol. The summed E-state index contributed by atoms with van der Waals surface area (Å²) in [6.45, 7) is 11.6. The van der Waals surface area contributed by atoms with Crippen molar-refractivity contribution in [1.82, 2.24) is 25.2 Å². The Balaban J connectivity index is 1.27. The molecule has 1 aromatic heterocycles. The predicted octanol–water partition coefficient (Wildman–Crippen LogP) is 3.03. The van der Waals surface area contributed by atoms with E-state index in [-0.39, 0.29) is 5.56 Å². The molecular formula is C27H34N6O2. The zero-order valence-electron chi connectivity index (χ0n) is 20.5. The average molecular weight is 475 g/mol. The van der Waals surface area contributed by atoms with Crippen molar-refractivity contribution in [2.24, 2.45) is 11.8 Å². The van der Waals surface area contributed by atoms with E-state index in [0.717, 1.165) is 45.8 Å². The first-order valence-electron chi connectivity index (χ1n) is 12.6. The minimum Gasteiger partial charge on any atom is -0.340 e. The first kappa shape index (κ1) is 23.7. The highest BCUT2D eigenvalue weighted by molar-refractivity contribution is 5.92. The molecule has 1 saturated carbocycles. The highest BCUT2D eigenvalue weighted by Gasteiger charge is 2.58. The van der Waals surface area contributed by atoms with Gasteiger partial charge in [0.15, 0.2) is 0 Å². The van der Waals surface area contributed by atoms with Gasteiger partial charge in [0.2, 0.25) is 5.95 Å². The van der Waals surface area contributed by atoms with Crippen LogP contribution in [0, 0.1) is 11.8 Å². The molecule has 2 heterocycles. The third kappa shape index (κ3) is 5.00. The van der Waals surface area contributed by atoms with Crippen LogP contribution in [0.15, 0.2) is 54.9 Å². The van der Waals surface area contributed by atoms with Crippen LogP contribution >= 0.6 is 0 Å².